The van der Waals surface area contributed by atoms with Crippen molar-refractivity contribution in [3.8, 4) is 0 Å². The van der Waals surface area contributed by atoms with E-state index in [1.54, 1.807) is 18.3 Å². The van der Waals surface area contributed by atoms with Gasteiger partial charge in [-0.3, -0.25) is 4.79 Å². The molecule has 0 aliphatic rings. The van der Waals surface area contributed by atoms with Crippen molar-refractivity contribution in [2.24, 2.45) is 0 Å². The number of nitrogens with one attached hydrogen (secondary N) is 1. The molecule has 0 aliphatic heterocycles. The number of nitrogens with zero attached hydrogens (tertiary/aromatic N) is 1. The Kier molecular flexibility index (Phi) is 4.79. The van der Waals surface area contributed by atoms with E-state index in [-0.39, 0.29) is 11.9 Å². The highest BCUT2D eigenvalue weighted by Gasteiger charge is 2.14. The van der Waals surface area contributed by atoms with E-state index in [9.17, 15) is 4.79 Å². The van der Waals surface area contributed by atoms with E-state index in [4.69, 9.17) is 0 Å². The molecule has 0 aliphatic carbocycles. The number of hydrogen-bond donors (Lipinski definition) is 1. The quantitative estimate of drug-likeness (QED) is 0.873. The van der Waals surface area contributed by atoms with E-state index in [2.05, 4.69) is 22.4 Å². The maximum Gasteiger partial charge on any atom is 0.254 e. The summed E-state index contributed by atoms with van der Waals surface area (Å²) in [6.45, 7) is 4.03. The summed E-state index contributed by atoms with van der Waals surface area (Å²) >= 11 is 1.48. The highest BCUT2D eigenvalue weighted by Crippen LogP contribution is 2.19. The number of carbonyl (C=O) groups is 1. The summed E-state index contributed by atoms with van der Waals surface area (Å²) in [7, 11) is 0. The van der Waals surface area contributed by atoms with Crippen LogP contribution >= 0.6 is 11.8 Å². The van der Waals surface area contributed by atoms with Crippen molar-refractivity contribution in [3.05, 3.63) is 59.3 Å². The third-order valence-electron chi connectivity index (χ3n) is 3.13. The smallest absolute Gasteiger partial charge is 0.254 e. The molecular formula is C16H18N2OS. The number of benzene rings is 1. The van der Waals surface area contributed by atoms with Crippen molar-refractivity contribution in [2.75, 3.05) is 6.26 Å². The molecule has 0 radical (unpaired) electrons. The maximum atomic E-state index is 12.3. The molecule has 1 N–H and O–H groups in total. The Hall–Kier alpha value is -1.81. The van der Waals surface area contributed by atoms with Crippen molar-refractivity contribution in [1.29, 1.82) is 0 Å². The number of pyridine rings is 1. The van der Waals surface area contributed by atoms with Crippen LogP contribution in [0.2, 0.25) is 0 Å². The highest BCUT2D eigenvalue weighted by molar-refractivity contribution is 7.98. The molecule has 1 aromatic carbocycles. The molecule has 1 aromatic heterocycles. The Labute approximate surface area is 123 Å². The van der Waals surface area contributed by atoms with Gasteiger partial charge in [0.15, 0.2) is 0 Å². The Morgan fingerprint density at radius 2 is 1.95 bits per heavy atom. The fraction of sp³-hybridized carbons (Fsp3) is 0.250. The molecule has 0 bridgehead atoms. The van der Waals surface area contributed by atoms with E-state index in [1.807, 2.05) is 32.2 Å². The average molecular weight is 286 g/mol. The molecule has 2 rings (SSSR count). The van der Waals surface area contributed by atoms with E-state index < -0.39 is 0 Å². The molecule has 0 saturated carbocycles. The Morgan fingerprint density at radius 3 is 2.60 bits per heavy atom. The van der Waals surface area contributed by atoms with Crippen molar-refractivity contribution >= 4 is 17.7 Å². The second-order valence-electron chi connectivity index (χ2n) is 4.67. The summed E-state index contributed by atoms with van der Waals surface area (Å²) in [5.74, 6) is -0.0875. The largest absolute Gasteiger partial charge is 0.345 e. The third kappa shape index (κ3) is 3.39. The fourth-order valence-corrected chi connectivity index (χ4v) is 2.49. The van der Waals surface area contributed by atoms with Gasteiger partial charge in [-0.25, -0.2) is 4.98 Å². The van der Waals surface area contributed by atoms with E-state index >= 15 is 0 Å². The lowest BCUT2D eigenvalue weighted by molar-refractivity contribution is 0.0936. The molecule has 1 atom stereocenters. The van der Waals surface area contributed by atoms with Crippen LogP contribution in [0.5, 0.6) is 0 Å². The maximum absolute atomic E-state index is 12.3. The molecule has 3 nitrogen and oxygen atoms in total. The van der Waals surface area contributed by atoms with Gasteiger partial charge in [0, 0.05) is 6.20 Å². The zero-order valence-corrected chi connectivity index (χ0v) is 12.7. The van der Waals surface area contributed by atoms with Gasteiger partial charge in [-0.1, -0.05) is 29.8 Å². The number of carbonyl (C=O) groups excluding carboxylic acids is 1. The monoisotopic (exact) mass is 286 g/mol. The summed E-state index contributed by atoms with van der Waals surface area (Å²) in [5.41, 5.74) is 2.93. The van der Waals surface area contributed by atoms with Crippen LogP contribution in [0.1, 0.15) is 34.5 Å². The van der Waals surface area contributed by atoms with Crippen LogP contribution in [0.25, 0.3) is 0 Å². The molecule has 0 fully saturated rings. The van der Waals surface area contributed by atoms with Crippen molar-refractivity contribution in [1.82, 2.24) is 10.3 Å². The Bertz CT molecular complexity index is 596. The minimum atomic E-state index is -0.0875. The summed E-state index contributed by atoms with van der Waals surface area (Å²) in [5, 5.41) is 3.77. The molecule has 20 heavy (non-hydrogen) atoms. The molecule has 0 spiro atoms. The van der Waals surface area contributed by atoms with Crippen LogP contribution in [-0.4, -0.2) is 17.1 Å². The molecule has 0 saturated heterocycles. The van der Waals surface area contributed by atoms with Gasteiger partial charge in [0.25, 0.3) is 5.91 Å². The Balaban J connectivity index is 2.13. The van der Waals surface area contributed by atoms with Crippen molar-refractivity contribution in [3.63, 3.8) is 0 Å². The number of rotatable bonds is 4. The van der Waals surface area contributed by atoms with Gasteiger partial charge in [0.05, 0.1) is 11.6 Å². The van der Waals surface area contributed by atoms with Crippen LogP contribution < -0.4 is 5.32 Å². The average Bonchev–Trinajstić information content (AvgIpc) is 2.47. The summed E-state index contributed by atoms with van der Waals surface area (Å²) in [4.78, 5) is 16.5. The number of thioether (sulfide) groups is 1. The summed E-state index contributed by atoms with van der Waals surface area (Å²) in [6, 6.07) is 11.7. The first-order valence-electron chi connectivity index (χ1n) is 6.48. The minimum absolute atomic E-state index is 0.0296. The fourth-order valence-electron chi connectivity index (χ4n) is 1.94. The number of amides is 1. The van der Waals surface area contributed by atoms with E-state index in [1.165, 1.54) is 17.3 Å². The third-order valence-corrected chi connectivity index (χ3v) is 3.85. The first kappa shape index (κ1) is 14.6. The van der Waals surface area contributed by atoms with Crippen LogP contribution in [-0.2, 0) is 0 Å². The predicted molar refractivity (Wildman–Crippen MR) is 83.1 cm³/mol. The van der Waals surface area contributed by atoms with E-state index in [0.717, 1.165) is 10.6 Å². The lowest BCUT2D eigenvalue weighted by atomic mass is 10.1. The van der Waals surface area contributed by atoms with Crippen LogP contribution in [0, 0.1) is 6.92 Å². The van der Waals surface area contributed by atoms with Gasteiger partial charge in [0.1, 0.15) is 5.03 Å². The lowest BCUT2D eigenvalue weighted by Gasteiger charge is -2.15. The predicted octanol–water partition coefficient (Wildman–Crippen LogP) is 3.60. The Morgan fingerprint density at radius 1 is 1.25 bits per heavy atom. The highest BCUT2D eigenvalue weighted by atomic mass is 32.2. The standard InChI is InChI=1S/C16H18N2OS/c1-11-6-8-13(9-7-11)12(2)18-15(19)14-5-4-10-17-16(14)20-3/h4-10,12H,1-3H3,(H,18,19). The zero-order valence-electron chi connectivity index (χ0n) is 11.9. The van der Waals surface area contributed by atoms with Gasteiger partial charge >= 0.3 is 0 Å². The first-order chi connectivity index (χ1) is 9.61. The van der Waals surface area contributed by atoms with Crippen molar-refractivity contribution < 1.29 is 4.79 Å². The second-order valence-corrected chi connectivity index (χ2v) is 5.46. The van der Waals surface area contributed by atoms with Crippen LogP contribution in [0.15, 0.2) is 47.6 Å². The molecule has 1 unspecified atom stereocenters. The summed E-state index contributed by atoms with van der Waals surface area (Å²) in [6.07, 6.45) is 3.62. The van der Waals surface area contributed by atoms with Gasteiger partial charge < -0.3 is 5.32 Å². The second kappa shape index (κ2) is 6.57. The topological polar surface area (TPSA) is 42.0 Å². The first-order valence-corrected chi connectivity index (χ1v) is 7.70. The number of aryl methyl sites for hydroxylation is 1. The number of hydrogen-bond acceptors (Lipinski definition) is 3. The molecule has 2 aromatic rings. The normalized spacial score (nSPS) is 11.9. The molecule has 1 heterocycles. The zero-order chi connectivity index (χ0) is 14.5. The minimum Gasteiger partial charge on any atom is -0.345 e. The van der Waals surface area contributed by atoms with Gasteiger partial charge in [-0.2, -0.15) is 0 Å². The molecule has 1 amide bonds. The lowest BCUT2D eigenvalue weighted by Crippen LogP contribution is -2.27. The SMILES string of the molecule is CSc1ncccc1C(=O)NC(C)c1ccc(C)cc1. The molecule has 104 valence electrons. The van der Waals surface area contributed by atoms with Crippen LogP contribution in [0.3, 0.4) is 0 Å². The van der Waals surface area contributed by atoms with Gasteiger partial charge in [-0.15, -0.1) is 11.8 Å². The van der Waals surface area contributed by atoms with Crippen molar-refractivity contribution in [2.45, 2.75) is 24.9 Å². The molecular weight excluding hydrogens is 268 g/mol. The number of aromatic nitrogens is 1. The van der Waals surface area contributed by atoms with Crippen LogP contribution in [0.4, 0.5) is 0 Å². The van der Waals surface area contributed by atoms with Gasteiger partial charge in [-0.05, 0) is 37.8 Å². The molecule has 4 heteroatoms. The van der Waals surface area contributed by atoms with E-state index in [0.29, 0.717) is 5.56 Å². The summed E-state index contributed by atoms with van der Waals surface area (Å²) < 4.78 is 0. The van der Waals surface area contributed by atoms with Gasteiger partial charge in [0.2, 0.25) is 0 Å².